The van der Waals surface area contributed by atoms with E-state index >= 15 is 0 Å². The van der Waals surface area contributed by atoms with E-state index in [0.29, 0.717) is 12.4 Å². The second kappa shape index (κ2) is 9.69. The number of imidazole rings is 1. The summed E-state index contributed by atoms with van der Waals surface area (Å²) in [5.74, 6) is -0.433. The second-order valence-corrected chi connectivity index (χ2v) is 9.53. The predicted octanol–water partition coefficient (Wildman–Crippen LogP) is 1.03. The molecular formula is C22H25N5O5S. The average molecular weight is 472 g/mol. The maximum absolute atomic E-state index is 12.4. The maximum Gasteiger partial charge on any atom is 0.269 e. The number of aromatic nitrogens is 2. The summed E-state index contributed by atoms with van der Waals surface area (Å²) >= 11 is 0. The van der Waals surface area contributed by atoms with Crippen molar-refractivity contribution in [3.05, 3.63) is 59.9 Å². The molecule has 0 aliphatic carbocycles. The second-order valence-electron chi connectivity index (χ2n) is 7.77. The van der Waals surface area contributed by atoms with E-state index in [9.17, 15) is 18.0 Å². The first-order valence-corrected chi connectivity index (χ1v) is 12.0. The van der Waals surface area contributed by atoms with E-state index in [1.165, 1.54) is 24.3 Å². The molecule has 2 aromatic carbocycles. The molecule has 1 unspecified atom stereocenters. The minimum Gasteiger partial charge on any atom is -0.377 e. The molecule has 2 heterocycles. The molecule has 0 spiro atoms. The number of hydrazine groups is 1. The van der Waals surface area contributed by atoms with Crippen molar-refractivity contribution >= 4 is 32.9 Å². The number of carbonyl (C=O) groups excluding carboxylic acids is 2. The molecule has 3 N–H and O–H groups in total. The number of hydrogen-bond donors (Lipinski definition) is 3. The Balaban J connectivity index is 1.30. The summed E-state index contributed by atoms with van der Waals surface area (Å²) in [6, 6.07) is 13.0. The topological polar surface area (TPSA) is 131 Å². The van der Waals surface area contributed by atoms with Gasteiger partial charge in [-0.25, -0.2) is 18.1 Å². The molecule has 0 radical (unpaired) electrons. The molecular weight excluding hydrogens is 446 g/mol. The Bertz CT molecular complexity index is 1260. The van der Waals surface area contributed by atoms with Crippen LogP contribution in [0, 0.1) is 0 Å². The Morgan fingerprint density at radius 3 is 2.58 bits per heavy atom. The first kappa shape index (κ1) is 22.9. The molecule has 10 nitrogen and oxygen atoms in total. The van der Waals surface area contributed by atoms with Gasteiger partial charge >= 0.3 is 0 Å². The molecule has 1 fully saturated rings. The molecule has 174 valence electrons. The smallest absolute Gasteiger partial charge is 0.269 e. The molecule has 1 atom stereocenters. The summed E-state index contributed by atoms with van der Waals surface area (Å²) in [6.45, 7) is 0.855. The van der Waals surface area contributed by atoms with E-state index in [1.54, 1.807) is 0 Å². The monoisotopic (exact) mass is 471 g/mol. The van der Waals surface area contributed by atoms with Crippen molar-refractivity contribution in [2.24, 2.45) is 7.05 Å². The van der Waals surface area contributed by atoms with Gasteiger partial charge in [0, 0.05) is 25.8 Å². The van der Waals surface area contributed by atoms with Gasteiger partial charge in [0.2, 0.25) is 15.9 Å². The Labute approximate surface area is 191 Å². The lowest BCUT2D eigenvalue weighted by Gasteiger charge is -2.12. The van der Waals surface area contributed by atoms with Crippen LogP contribution in [0.25, 0.3) is 11.0 Å². The first-order chi connectivity index (χ1) is 15.8. The SMILES string of the molecule is Cn1c(CC(=O)NNC(=O)c2ccc(S(=O)(=O)NCC3CCCO3)cc2)nc2ccccc21. The Kier molecular flexibility index (Phi) is 6.72. The minimum atomic E-state index is -3.71. The first-order valence-electron chi connectivity index (χ1n) is 10.5. The highest BCUT2D eigenvalue weighted by Gasteiger charge is 2.20. The number of fused-ring (bicyclic) bond motifs is 1. The van der Waals surface area contributed by atoms with Crippen molar-refractivity contribution in [2.75, 3.05) is 13.2 Å². The Morgan fingerprint density at radius 2 is 1.88 bits per heavy atom. The lowest BCUT2D eigenvalue weighted by Crippen LogP contribution is -2.42. The van der Waals surface area contributed by atoms with Gasteiger partial charge in [-0.05, 0) is 49.2 Å². The zero-order valence-corrected chi connectivity index (χ0v) is 18.9. The van der Waals surface area contributed by atoms with Crippen LogP contribution in [0.5, 0.6) is 0 Å². The summed E-state index contributed by atoms with van der Waals surface area (Å²) in [5.41, 5.74) is 6.59. The number of ether oxygens (including phenoxy) is 1. The molecule has 4 rings (SSSR count). The molecule has 0 saturated carbocycles. The number of para-hydroxylation sites is 2. The molecule has 1 aromatic heterocycles. The average Bonchev–Trinajstić information content (AvgIpc) is 3.45. The lowest BCUT2D eigenvalue weighted by atomic mass is 10.2. The zero-order valence-electron chi connectivity index (χ0n) is 18.1. The van der Waals surface area contributed by atoms with E-state index in [0.717, 1.165) is 23.9 Å². The summed E-state index contributed by atoms with van der Waals surface area (Å²) in [5, 5.41) is 0. The number of amides is 2. The van der Waals surface area contributed by atoms with Gasteiger partial charge in [0.15, 0.2) is 0 Å². The number of carbonyl (C=O) groups is 2. The van der Waals surface area contributed by atoms with Crippen molar-refractivity contribution in [1.29, 1.82) is 0 Å². The van der Waals surface area contributed by atoms with Crippen LogP contribution in [0.3, 0.4) is 0 Å². The van der Waals surface area contributed by atoms with Crippen LogP contribution in [0.1, 0.15) is 29.0 Å². The number of rotatable bonds is 7. The van der Waals surface area contributed by atoms with Crippen molar-refractivity contribution < 1.29 is 22.7 Å². The van der Waals surface area contributed by atoms with Gasteiger partial charge in [-0.1, -0.05) is 12.1 Å². The predicted molar refractivity (Wildman–Crippen MR) is 121 cm³/mol. The van der Waals surface area contributed by atoms with Crippen LogP contribution in [0.15, 0.2) is 53.4 Å². The van der Waals surface area contributed by atoms with Crippen LogP contribution in [-0.4, -0.2) is 49.0 Å². The fourth-order valence-electron chi connectivity index (χ4n) is 3.62. The van der Waals surface area contributed by atoms with Crippen LogP contribution < -0.4 is 15.6 Å². The quantitative estimate of drug-likeness (QED) is 0.441. The van der Waals surface area contributed by atoms with Crippen LogP contribution in [0.2, 0.25) is 0 Å². The highest BCUT2D eigenvalue weighted by Crippen LogP contribution is 2.15. The minimum absolute atomic E-state index is 0.0149. The van der Waals surface area contributed by atoms with Gasteiger partial charge < -0.3 is 9.30 Å². The van der Waals surface area contributed by atoms with Crippen LogP contribution >= 0.6 is 0 Å². The van der Waals surface area contributed by atoms with Gasteiger partial charge in [-0.3, -0.25) is 20.4 Å². The van der Waals surface area contributed by atoms with E-state index in [4.69, 9.17) is 4.74 Å². The van der Waals surface area contributed by atoms with Crippen molar-refractivity contribution in [2.45, 2.75) is 30.3 Å². The fourth-order valence-corrected chi connectivity index (χ4v) is 4.68. The van der Waals surface area contributed by atoms with E-state index in [2.05, 4.69) is 20.6 Å². The van der Waals surface area contributed by atoms with Crippen molar-refractivity contribution in [1.82, 2.24) is 25.1 Å². The highest BCUT2D eigenvalue weighted by molar-refractivity contribution is 7.89. The Morgan fingerprint density at radius 1 is 1.12 bits per heavy atom. The summed E-state index contributed by atoms with van der Waals surface area (Å²) in [6.07, 6.45) is 1.62. The van der Waals surface area contributed by atoms with Crippen LogP contribution in [0.4, 0.5) is 0 Å². The zero-order chi connectivity index (χ0) is 23.4. The molecule has 33 heavy (non-hydrogen) atoms. The molecule has 3 aromatic rings. The molecule has 11 heteroatoms. The van der Waals surface area contributed by atoms with E-state index < -0.39 is 21.8 Å². The van der Waals surface area contributed by atoms with Gasteiger partial charge in [0.05, 0.1) is 28.5 Å². The number of nitrogens with zero attached hydrogens (tertiary/aromatic N) is 2. The fraction of sp³-hybridized carbons (Fsp3) is 0.318. The summed E-state index contributed by atoms with van der Waals surface area (Å²) < 4.78 is 34.6. The lowest BCUT2D eigenvalue weighted by molar-refractivity contribution is -0.121. The standard InChI is InChI=1S/C22H25N5O5S/c1-27-19-7-3-2-6-18(19)24-20(27)13-21(28)25-26-22(29)15-8-10-17(11-9-15)33(30,31)23-14-16-5-4-12-32-16/h2-3,6-11,16,23H,4-5,12-14H2,1H3,(H,25,28)(H,26,29). The van der Waals surface area contributed by atoms with Crippen LogP contribution in [-0.2, 0) is 33.0 Å². The molecule has 0 bridgehead atoms. The third-order valence-electron chi connectivity index (χ3n) is 5.47. The van der Waals surface area contributed by atoms with Crippen molar-refractivity contribution in [3.8, 4) is 0 Å². The summed E-state index contributed by atoms with van der Waals surface area (Å²) in [7, 11) is -1.89. The molecule has 2 amide bonds. The largest absolute Gasteiger partial charge is 0.377 e. The third-order valence-corrected chi connectivity index (χ3v) is 6.91. The van der Waals surface area contributed by atoms with E-state index in [-0.39, 0.29) is 29.5 Å². The van der Waals surface area contributed by atoms with Gasteiger partial charge in [0.25, 0.3) is 5.91 Å². The normalized spacial score (nSPS) is 16.1. The third kappa shape index (κ3) is 5.38. The number of benzene rings is 2. The highest BCUT2D eigenvalue weighted by atomic mass is 32.2. The number of nitrogens with one attached hydrogen (secondary N) is 3. The maximum atomic E-state index is 12.4. The van der Waals surface area contributed by atoms with E-state index in [1.807, 2.05) is 35.9 Å². The van der Waals surface area contributed by atoms with Crippen molar-refractivity contribution in [3.63, 3.8) is 0 Å². The molecule has 1 saturated heterocycles. The van der Waals surface area contributed by atoms with Gasteiger partial charge in [0.1, 0.15) is 5.82 Å². The number of hydrogen-bond acceptors (Lipinski definition) is 6. The molecule has 1 aliphatic heterocycles. The number of sulfonamides is 1. The van der Waals surface area contributed by atoms with Gasteiger partial charge in [-0.15, -0.1) is 0 Å². The molecule has 1 aliphatic rings. The Hall–Kier alpha value is -3.28. The number of aryl methyl sites for hydroxylation is 1. The summed E-state index contributed by atoms with van der Waals surface area (Å²) in [4.78, 5) is 29.1. The van der Waals surface area contributed by atoms with Gasteiger partial charge in [-0.2, -0.15) is 0 Å².